The smallest absolute Gasteiger partial charge is 0.256 e. The largest absolute Gasteiger partial charge is 0.382 e. The molecule has 3 aromatic heterocycles. The average molecular weight is 522 g/mol. The molecule has 0 saturated heterocycles. The molecule has 3 heterocycles. The van der Waals surface area contributed by atoms with E-state index in [4.69, 9.17) is 16.0 Å². The Morgan fingerprint density at radius 2 is 1.85 bits per heavy atom. The number of rotatable bonds is 4. The average Bonchev–Trinajstić information content (AvgIpc) is 3.28. The number of carbonyl (C=O) groups excluding carboxylic acids is 1. The number of benzene rings is 1. The number of nitrogens with one attached hydrogen (secondary N) is 1. The van der Waals surface area contributed by atoms with E-state index >= 15 is 4.39 Å². The van der Waals surface area contributed by atoms with E-state index in [-0.39, 0.29) is 28.2 Å². The summed E-state index contributed by atoms with van der Waals surface area (Å²) in [5.74, 6) is 3.11. The van der Waals surface area contributed by atoms with Crippen LogP contribution in [0, 0.1) is 52.2 Å². The first kappa shape index (κ1) is 23.8. The van der Waals surface area contributed by atoms with Crippen LogP contribution >= 0.6 is 0 Å². The quantitative estimate of drug-likeness (QED) is 0.387. The van der Waals surface area contributed by atoms with E-state index in [0.717, 1.165) is 5.82 Å². The van der Waals surface area contributed by atoms with Crippen LogP contribution in [0.5, 0.6) is 0 Å². The summed E-state index contributed by atoms with van der Waals surface area (Å²) in [6.07, 6.45) is 4.97. The molecule has 8 nitrogen and oxygen atoms in total. The summed E-state index contributed by atoms with van der Waals surface area (Å²) < 4.78 is 17.7. The summed E-state index contributed by atoms with van der Waals surface area (Å²) in [6.45, 7) is 9.43. The summed E-state index contributed by atoms with van der Waals surface area (Å²) in [7, 11) is 0. The number of nitriles is 1. The fourth-order valence-electron chi connectivity index (χ4n) is 8.86. The molecular weight excluding hydrogens is 493 g/mol. The highest BCUT2D eigenvalue weighted by Gasteiger charge is 2.87. The van der Waals surface area contributed by atoms with Crippen molar-refractivity contribution in [3.8, 4) is 17.3 Å². The fourth-order valence-corrected chi connectivity index (χ4v) is 8.86. The summed E-state index contributed by atoms with van der Waals surface area (Å²) in [4.78, 5) is 26.3. The Morgan fingerprint density at radius 1 is 1.10 bits per heavy atom. The van der Waals surface area contributed by atoms with Crippen molar-refractivity contribution >= 4 is 23.1 Å². The van der Waals surface area contributed by atoms with Gasteiger partial charge in [-0.15, -0.1) is 0 Å². The zero-order chi connectivity index (χ0) is 27.4. The third-order valence-corrected chi connectivity index (χ3v) is 10.2. The second kappa shape index (κ2) is 7.63. The predicted octanol–water partition coefficient (Wildman–Crippen LogP) is 5.06. The molecule has 0 spiro atoms. The topological polar surface area (TPSA) is 122 Å². The molecule has 1 amide bonds. The highest BCUT2D eigenvalue weighted by molar-refractivity contribution is 6.04. The first-order valence-corrected chi connectivity index (χ1v) is 13.2. The molecule has 4 unspecified atom stereocenters. The van der Waals surface area contributed by atoms with Gasteiger partial charge in [0.15, 0.2) is 0 Å². The second-order valence-electron chi connectivity index (χ2n) is 11.9. The van der Waals surface area contributed by atoms with Crippen LogP contribution in [0.25, 0.3) is 16.8 Å². The van der Waals surface area contributed by atoms with Crippen molar-refractivity contribution in [2.75, 3.05) is 11.1 Å². The van der Waals surface area contributed by atoms with Crippen molar-refractivity contribution in [2.45, 2.75) is 33.1 Å². The number of halogens is 1. The Balaban J connectivity index is 1.28. The van der Waals surface area contributed by atoms with Gasteiger partial charge in [0.2, 0.25) is 0 Å². The number of amides is 1. The van der Waals surface area contributed by atoms with Gasteiger partial charge in [0.05, 0.1) is 11.6 Å². The first-order valence-electron chi connectivity index (χ1n) is 13.2. The Kier molecular flexibility index (Phi) is 4.65. The van der Waals surface area contributed by atoms with Crippen molar-refractivity contribution in [2.24, 2.45) is 35.0 Å². The summed E-state index contributed by atoms with van der Waals surface area (Å²) >= 11 is 0. The lowest BCUT2D eigenvalue weighted by atomic mass is 9.15. The van der Waals surface area contributed by atoms with Gasteiger partial charge in [-0.3, -0.25) is 9.20 Å². The van der Waals surface area contributed by atoms with E-state index in [1.807, 2.05) is 16.7 Å². The van der Waals surface area contributed by atoms with Gasteiger partial charge in [-0.2, -0.15) is 5.26 Å². The molecule has 1 aromatic carbocycles. The molecule has 3 saturated carbocycles. The number of aromatic nitrogens is 4. The molecule has 3 aliphatic carbocycles. The third-order valence-electron chi connectivity index (χ3n) is 10.2. The van der Waals surface area contributed by atoms with Gasteiger partial charge in [0.25, 0.3) is 5.91 Å². The van der Waals surface area contributed by atoms with E-state index in [1.165, 1.54) is 24.4 Å². The maximum atomic E-state index is 15.7. The first-order chi connectivity index (χ1) is 18.6. The van der Waals surface area contributed by atoms with Crippen LogP contribution in [0.2, 0.25) is 0 Å². The van der Waals surface area contributed by atoms with E-state index in [9.17, 15) is 4.79 Å². The molecule has 0 bridgehead atoms. The zero-order valence-corrected chi connectivity index (χ0v) is 22.1. The molecule has 9 heteroatoms. The number of hydrogen-bond acceptors (Lipinski definition) is 6. The number of anilines is 2. The number of hydrogen-bond donors (Lipinski definition) is 2. The van der Waals surface area contributed by atoms with Crippen molar-refractivity contribution in [3.05, 3.63) is 71.7 Å². The SMILES string of the molecule is CC1C2C3C(C(C)C13c1nc(-c3ccc(C(=O)Nc4cc(C#N)ccn4)cc3F)c3c(N)nccn13)C2(C)C. The molecule has 3 aliphatic rings. The van der Waals surface area contributed by atoms with Crippen molar-refractivity contribution in [1.82, 2.24) is 19.4 Å². The fraction of sp³-hybridized carbons (Fsp3) is 0.367. The molecule has 4 aromatic rings. The van der Waals surface area contributed by atoms with Crippen LogP contribution in [0.4, 0.5) is 16.0 Å². The monoisotopic (exact) mass is 521 g/mol. The minimum atomic E-state index is -0.586. The molecular formula is C30H28FN7O. The van der Waals surface area contributed by atoms with Crippen LogP contribution in [0.3, 0.4) is 0 Å². The van der Waals surface area contributed by atoms with Crippen molar-refractivity contribution in [1.29, 1.82) is 5.26 Å². The Morgan fingerprint density at radius 3 is 2.51 bits per heavy atom. The van der Waals surface area contributed by atoms with Gasteiger partial charge in [0.1, 0.15) is 34.5 Å². The Bertz CT molecular complexity index is 1720. The lowest BCUT2D eigenvalue weighted by molar-refractivity contribution is -0.385. The molecule has 39 heavy (non-hydrogen) atoms. The summed E-state index contributed by atoms with van der Waals surface area (Å²) in [5.41, 5.74) is 8.38. The molecule has 7 rings (SSSR count). The summed E-state index contributed by atoms with van der Waals surface area (Å²) in [6, 6.07) is 9.29. The van der Waals surface area contributed by atoms with Gasteiger partial charge in [0, 0.05) is 35.1 Å². The van der Waals surface area contributed by atoms with Crippen LogP contribution in [-0.2, 0) is 5.41 Å². The molecule has 3 fully saturated rings. The van der Waals surface area contributed by atoms with Gasteiger partial charge in [-0.05, 0) is 65.3 Å². The van der Waals surface area contributed by atoms with Crippen LogP contribution < -0.4 is 11.1 Å². The predicted molar refractivity (Wildman–Crippen MR) is 144 cm³/mol. The summed E-state index contributed by atoms with van der Waals surface area (Å²) in [5, 5.41) is 11.7. The maximum Gasteiger partial charge on any atom is 0.256 e. The molecule has 3 N–H and O–H groups in total. The number of imidazole rings is 1. The number of nitrogen functional groups attached to an aromatic ring is 1. The highest BCUT2D eigenvalue weighted by atomic mass is 19.1. The standard InChI is InChI=1S/C30H28FN7O/c1-14-21-23-22(29(21,3)4)15(2)30(14,23)28-37-24(25-26(33)35-9-10-38(25)28)18-6-5-17(12-19(18)31)27(39)36-20-11-16(13-32)7-8-34-20/h5-12,14-15,21-23H,1-4H3,(H2,33,35)(H,34,36,39). The van der Waals surface area contributed by atoms with Gasteiger partial charge >= 0.3 is 0 Å². The van der Waals surface area contributed by atoms with Gasteiger partial charge in [-0.25, -0.2) is 19.3 Å². The molecule has 4 atom stereocenters. The van der Waals surface area contributed by atoms with Crippen LogP contribution in [0.1, 0.15) is 49.4 Å². The second-order valence-corrected chi connectivity index (χ2v) is 11.9. The zero-order valence-electron chi connectivity index (χ0n) is 22.1. The molecule has 0 aliphatic heterocycles. The van der Waals surface area contributed by atoms with Gasteiger partial charge < -0.3 is 11.1 Å². The number of carbonyl (C=O) groups is 1. The maximum absolute atomic E-state index is 15.7. The van der Waals surface area contributed by atoms with Crippen molar-refractivity contribution < 1.29 is 9.18 Å². The Hall–Kier alpha value is -4.32. The van der Waals surface area contributed by atoms with E-state index in [1.54, 1.807) is 18.3 Å². The molecule has 0 radical (unpaired) electrons. The number of fused-ring (bicyclic) bond motifs is 1. The number of nitrogens with zero attached hydrogens (tertiary/aromatic N) is 5. The minimum Gasteiger partial charge on any atom is -0.382 e. The van der Waals surface area contributed by atoms with E-state index in [0.29, 0.717) is 51.8 Å². The van der Waals surface area contributed by atoms with Crippen LogP contribution in [0.15, 0.2) is 48.9 Å². The number of nitrogens with two attached hydrogens (primary N) is 1. The normalized spacial score (nSPS) is 29.4. The Labute approximate surface area is 225 Å². The lowest BCUT2D eigenvalue weighted by Gasteiger charge is -2.88. The van der Waals surface area contributed by atoms with E-state index in [2.05, 4.69) is 43.0 Å². The van der Waals surface area contributed by atoms with Crippen molar-refractivity contribution in [3.63, 3.8) is 0 Å². The molecule has 196 valence electrons. The van der Waals surface area contributed by atoms with E-state index < -0.39 is 11.7 Å². The highest BCUT2D eigenvalue weighted by Crippen LogP contribution is 2.87. The van der Waals surface area contributed by atoms with Gasteiger partial charge in [-0.1, -0.05) is 27.7 Å². The minimum absolute atomic E-state index is 0.0684. The van der Waals surface area contributed by atoms with Crippen LogP contribution in [-0.4, -0.2) is 25.3 Å². The lowest BCUT2D eigenvalue weighted by Crippen LogP contribution is -2.88. The third kappa shape index (κ3) is 2.76. The number of pyridine rings is 1.